The predicted octanol–water partition coefficient (Wildman–Crippen LogP) is 3.37. The molecule has 0 aliphatic heterocycles. The molecule has 0 fully saturated rings. The highest BCUT2D eigenvalue weighted by Crippen LogP contribution is 2.34. The van der Waals surface area contributed by atoms with E-state index in [1.807, 2.05) is 0 Å². The summed E-state index contributed by atoms with van der Waals surface area (Å²) in [4.78, 5) is 22.5. The Morgan fingerprint density at radius 1 is 1.15 bits per heavy atom. The number of carboxylic acid groups (broad SMARTS) is 1. The van der Waals surface area contributed by atoms with Crippen LogP contribution in [0.2, 0.25) is 0 Å². The zero-order chi connectivity index (χ0) is 14.5. The number of carboxylic acids is 1. The highest BCUT2D eigenvalue weighted by atomic mass is 32.2. The maximum absolute atomic E-state index is 10.9. The number of hydrogen-bond donors (Lipinski definition) is 1. The SMILES string of the molecule is O=C(O)Cc1ccc(Sc2ccccc2[N+](=O)[O-])cc1. The van der Waals surface area contributed by atoms with Gasteiger partial charge in [0, 0.05) is 11.0 Å². The van der Waals surface area contributed by atoms with Crippen molar-refractivity contribution in [3.63, 3.8) is 0 Å². The molecular weight excluding hydrogens is 278 g/mol. The minimum atomic E-state index is -0.885. The van der Waals surface area contributed by atoms with Crippen LogP contribution in [0.5, 0.6) is 0 Å². The molecule has 0 aromatic heterocycles. The summed E-state index contributed by atoms with van der Waals surface area (Å²) in [6.45, 7) is 0. The Hall–Kier alpha value is -2.34. The average molecular weight is 289 g/mol. The molecule has 102 valence electrons. The number of para-hydroxylation sites is 1. The maximum Gasteiger partial charge on any atom is 0.307 e. The van der Waals surface area contributed by atoms with Gasteiger partial charge in [0.05, 0.1) is 16.2 Å². The van der Waals surface area contributed by atoms with Crippen molar-refractivity contribution >= 4 is 23.4 Å². The smallest absolute Gasteiger partial charge is 0.307 e. The number of nitro groups is 1. The van der Waals surface area contributed by atoms with Gasteiger partial charge in [-0.05, 0) is 23.8 Å². The average Bonchev–Trinajstić information content (AvgIpc) is 2.41. The first-order valence-corrected chi connectivity index (χ1v) is 6.60. The van der Waals surface area contributed by atoms with Gasteiger partial charge in [-0.3, -0.25) is 14.9 Å². The molecule has 0 heterocycles. The molecule has 0 aliphatic carbocycles. The van der Waals surface area contributed by atoms with Crippen molar-refractivity contribution in [1.29, 1.82) is 0 Å². The van der Waals surface area contributed by atoms with E-state index >= 15 is 0 Å². The third kappa shape index (κ3) is 3.58. The van der Waals surface area contributed by atoms with Crippen LogP contribution in [-0.2, 0) is 11.2 Å². The Morgan fingerprint density at radius 3 is 2.40 bits per heavy atom. The van der Waals surface area contributed by atoms with E-state index in [2.05, 4.69) is 0 Å². The normalized spacial score (nSPS) is 10.2. The minimum Gasteiger partial charge on any atom is -0.481 e. The van der Waals surface area contributed by atoms with Gasteiger partial charge in [0.2, 0.25) is 0 Å². The van der Waals surface area contributed by atoms with Crippen molar-refractivity contribution in [1.82, 2.24) is 0 Å². The largest absolute Gasteiger partial charge is 0.481 e. The van der Waals surface area contributed by atoms with Crippen molar-refractivity contribution in [3.05, 3.63) is 64.2 Å². The van der Waals surface area contributed by atoms with Crippen LogP contribution in [0.25, 0.3) is 0 Å². The van der Waals surface area contributed by atoms with E-state index in [1.165, 1.54) is 17.8 Å². The number of hydrogen-bond acceptors (Lipinski definition) is 4. The second kappa shape index (κ2) is 6.21. The van der Waals surface area contributed by atoms with Gasteiger partial charge in [-0.2, -0.15) is 0 Å². The van der Waals surface area contributed by atoms with Crippen LogP contribution in [0.4, 0.5) is 5.69 Å². The number of rotatable bonds is 5. The third-order valence-electron chi connectivity index (χ3n) is 2.57. The van der Waals surface area contributed by atoms with Gasteiger partial charge in [0.1, 0.15) is 0 Å². The maximum atomic E-state index is 10.9. The molecule has 2 rings (SSSR count). The Morgan fingerprint density at radius 2 is 1.80 bits per heavy atom. The van der Waals surface area contributed by atoms with E-state index in [-0.39, 0.29) is 12.1 Å². The van der Waals surface area contributed by atoms with Gasteiger partial charge in [0.15, 0.2) is 0 Å². The molecule has 0 atom stereocenters. The summed E-state index contributed by atoms with van der Waals surface area (Å²) in [5, 5.41) is 19.6. The van der Waals surface area contributed by atoms with Gasteiger partial charge >= 0.3 is 5.97 Å². The monoisotopic (exact) mass is 289 g/mol. The zero-order valence-corrected chi connectivity index (χ0v) is 11.2. The summed E-state index contributed by atoms with van der Waals surface area (Å²) in [7, 11) is 0. The molecular formula is C14H11NO4S. The second-order valence-corrected chi connectivity index (χ2v) is 5.16. The lowest BCUT2D eigenvalue weighted by molar-refractivity contribution is -0.387. The number of benzene rings is 2. The fraction of sp³-hybridized carbons (Fsp3) is 0.0714. The summed E-state index contributed by atoms with van der Waals surface area (Å²) >= 11 is 1.28. The summed E-state index contributed by atoms with van der Waals surface area (Å²) < 4.78 is 0. The van der Waals surface area contributed by atoms with E-state index in [0.29, 0.717) is 10.5 Å². The fourth-order valence-corrected chi connectivity index (χ4v) is 2.59. The lowest BCUT2D eigenvalue weighted by atomic mass is 10.2. The van der Waals surface area contributed by atoms with E-state index in [9.17, 15) is 14.9 Å². The van der Waals surface area contributed by atoms with Gasteiger partial charge in [0.25, 0.3) is 5.69 Å². The highest BCUT2D eigenvalue weighted by molar-refractivity contribution is 7.99. The highest BCUT2D eigenvalue weighted by Gasteiger charge is 2.13. The molecule has 0 saturated carbocycles. The Labute approximate surface area is 119 Å². The Bertz CT molecular complexity index is 640. The van der Waals surface area contributed by atoms with Crippen LogP contribution >= 0.6 is 11.8 Å². The second-order valence-electron chi connectivity index (χ2n) is 4.04. The fourth-order valence-electron chi connectivity index (χ4n) is 1.67. The first-order valence-electron chi connectivity index (χ1n) is 5.78. The lowest BCUT2D eigenvalue weighted by Gasteiger charge is -2.04. The first-order chi connectivity index (χ1) is 9.56. The molecule has 0 radical (unpaired) electrons. The molecule has 0 spiro atoms. The number of nitro benzene ring substituents is 1. The molecule has 20 heavy (non-hydrogen) atoms. The van der Waals surface area contributed by atoms with Crippen molar-refractivity contribution in [3.8, 4) is 0 Å². The number of carbonyl (C=O) groups is 1. The molecule has 0 aliphatic rings. The lowest BCUT2D eigenvalue weighted by Crippen LogP contribution is -1.99. The molecule has 0 amide bonds. The van der Waals surface area contributed by atoms with Crippen molar-refractivity contribution < 1.29 is 14.8 Å². The minimum absolute atomic E-state index is 0.0313. The molecule has 5 nitrogen and oxygen atoms in total. The van der Waals surface area contributed by atoms with Gasteiger partial charge in [-0.25, -0.2) is 0 Å². The van der Waals surface area contributed by atoms with E-state index in [0.717, 1.165) is 4.90 Å². The third-order valence-corrected chi connectivity index (χ3v) is 3.64. The van der Waals surface area contributed by atoms with E-state index < -0.39 is 10.9 Å². The molecule has 6 heteroatoms. The molecule has 1 N–H and O–H groups in total. The zero-order valence-electron chi connectivity index (χ0n) is 10.4. The van der Waals surface area contributed by atoms with Gasteiger partial charge < -0.3 is 5.11 Å². The number of nitrogens with zero attached hydrogens (tertiary/aromatic N) is 1. The Kier molecular flexibility index (Phi) is 4.37. The van der Waals surface area contributed by atoms with Crippen LogP contribution < -0.4 is 0 Å². The molecule has 0 unspecified atom stereocenters. The van der Waals surface area contributed by atoms with E-state index in [1.54, 1.807) is 42.5 Å². The molecule has 2 aromatic carbocycles. The Balaban J connectivity index is 2.18. The van der Waals surface area contributed by atoms with Crippen LogP contribution in [0.1, 0.15) is 5.56 Å². The number of aliphatic carboxylic acids is 1. The summed E-state index contributed by atoms with van der Waals surface area (Å²) in [6, 6.07) is 13.5. The molecule has 2 aromatic rings. The van der Waals surface area contributed by atoms with Crippen molar-refractivity contribution in [2.45, 2.75) is 16.2 Å². The summed E-state index contributed by atoms with van der Waals surface area (Å²) in [5.41, 5.74) is 0.761. The summed E-state index contributed by atoms with van der Waals surface area (Å²) in [5.74, 6) is -0.885. The van der Waals surface area contributed by atoms with E-state index in [4.69, 9.17) is 5.11 Å². The van der Waals surface area contributed by atoms with Crippen LogP contribution in [0.15, 0.2) is 58.3 Å². The molecule has 0 bridgehead atoms. The topological polar surface area (TPSA) is 80.4 Å². The summed E-state index contributed by atoms with van der Waals surface area (Å²) in [6.07, 6.45) is -0.0313. The van der Waals surface area contributed by atoms with Crippen molar-refractivity contribution in [2.75, 3.05) is 0 Å². The first kappa shape index (κ1) is 14.1. The molecule has 0 saturated heterocycles. The van der Waals surface area contributed by atoms with Crippen molar-refractivity contribution in [2.24, 2.45) is 0 Å². The van der Waals surface area contributed by atoms with Gasteiger partial charge in [-0.15, -0.1) is 0 Å². The van der Waals surface area contributed by atoms with Crippen LogP contribution in [0, 0.1) is 10.1 Å². The van der Waals surface area contributed by atoms with Gasteiger partial charge in [-0.1, -0.05) is 36.0 Å². The van der Waals surface area contributed by atoms with Crippen LogP contribution in [-0.4, -0.2) is 16.0 Å². The standard InChI is InChI=1S/C14H11NO4S/c16-14(17)9-10-5-7-11(8-6-10)20-13-4-2-1-3-12(13)15(18)19/h1-8H,9H2,(H,16,17). The van der Waals surface area contributed by atoms with Crippen LogP contribution in [0.3, 0.4) is 0 Å². The predicted molar refractivity (Wildman–Crippen MR) is 75.0 cm³/mol. The quantitative estimate of drug-likeness (QED) is 0.674.